The van der Waals surface area contributed by atoms with Gasteiger partial charge >= 0.3 is 0 Å². The minimum atomic E-state index is 0.615. The maximum absolute atomic E-state index is 5.34. The highest BCUT2D eigenvalue weighted by Crippen LogP contribution is 2.15. The smallest absolute Gasteiger partial charge is 0.191 e. The molecule has 0 unspecified atom stereocenters. The van der Waals surface area contributed by atoms with Crippen LogP contribution in [0.4, 0.5) is 0 Å². The van der Waals surface area contributed by atoms with E-state index in [9.17, 15) is 0 Å². The van der Waals surface area contributed by atoms with Gasteiger partial charge in [-0.05, 0) is 24.3 Å². The molecule has 0 amide bonds. The lowest BCUT2D eigenvalue weighted by Crippen LogP contribution is -2.39. The second-order valence-electron chi connectivity index (χ2n) is 5.07. The van der Waals surface area contributed by atoms with E-state index in [0.29, 0.717) is 13.2 Å². The lowest BCUT2D eigenvalue weighted by atomic mass is 10.3. The highest BCUT2D eigenvalue weighted by Gasteiger charge is 2.00. The SMILES string of the molecule is COCCN=C(NCCSc1ccccc1)NCCc1ccco1. The molecule has 5 nitrogen and oxygen atoms in total. The molecule has 2 aromatic rings. The first-order chi connectivity index (χ1) is 11.9. The quantitative estimate of drug-likeness (QED) is 0.300. The Balaban J connectivity index is 1.70. The van der Waals surface area contributed by atoms with Gasteiger partial charge in [0.25, 0.3) is 0 Å². The number of rotatable bonds is 10. The van der Waals surface area contributed by atoms with Crippen molar-refractivity contribution >= 4 is 17.7 Å². The number of methoxy groups -OCH3 is 1. The van der Waals surface area contributed by atoms with Crippen molar-refractivity contribution in [1.82, 2.24) is 10.6 Å². The van der Waals surface area contributed by atoms with Crippen LogP contribution in [-0.2, 0) is 11.2 Å². The molecular weight excluding hydrogens is 322 g/mol. The zero-order valence-electron chi connectivity index (χ0n) is 14.0. The Kier molecular flexibility index (Phi) is 8.90. The second kappa shape index (κ2) is 11.6. The molecule has 0 saturated heterocycles. The normalized spacial score (nSPS) is 11.5. The van der Waals surface area contributed by atoms with Gasteiger partial charge in [-0.2, -0.15) is 0 Å². The van der Waals surface area contributed by atoms with Gasteiger partial charge in [0.05, 0.1) is 19.4 Å². The van der Waals surface area contributed by atoms with Gasteiger partial charge in [0.15, 0.2) is 5.96 Å². The zero-order valence-corrected chi connectivity index (χ0v) is 14.8. The van der Waals surface area contributed by atoms with Crippen LogP contribution in [0.2, 0.25) is 0 Å². The van der Waals surface area contributed by atoms with Gasteiger partial charge in [0.1, 0.15) is 5.76 Å². The highest BCUT2D eigenvalue weighted by molar-refractivity contribution is 7.99. The number of nitrogens with one attached hydrogen (secondary N) is 2. The third kappa shape index (κ3) is 7.57. The molecular formula is C18H25N3O2S. The molecule has 2 rings (SSSR count). The Labute approximate surface area is 147 Å². The van der Waals surface area contributed by atoms with Gasteiger partial charge < -0.3 is 19.8 Å². The van der Waals surface area contributed by atoms with Crippen LogP contribution in [0.15, 0.2) is 63.0 Å². The van der Waals surface area contributed by atoms with Crippen LogP contribution in [0.1, 0.15) is 5.76 Å². The summed E-state index contributed by atoms with van der Waals surface area (Å²) in [6, 6.07) is 14.3. The molecule has 0 saturated carbocycles. The van der Waals surface area contributed by atoms with Gasteiger partial charge in [-0.3, -0.25) is 4.99 Å². The molecule has 24 heavy (non-hydrogen) atoms. The standard InChI is InChI=1S/C18H25N3O2S/c1-22-14-11-20-18(19-10-9-16-6-5-13-23-16)21-12-15-24-17-7-3-2-4-8-17/h2-8,13H,9-12,14-15H2,1H3,(H2,19,20,21). The van der Waals surface area contributed by atoms with E-state index in [1.54, 1.807) is 13.4 Å². The molecule has 0 bridgehead atoms. The second-order valence-corrected chi connectivity index (χ2v) is 6.24. The number of hydrogen-bond donors (Lipinski definition) is 2. The topological polar surface area (TPSA) is 58.8 Å². The summed E-state index contributed by atoms with van der Waals surface area (Å²) in [4.78, 5) is 5.79. The van der Waals surface area contributed by atoms with Gasteiger partial charge in [-0.1, -0.05) is 18.2 Å². The average Bonchev–Trinajstić information content (AvgIpc) is 3.13. The fourth-order valence-corrected chi connectivity index (χ4v) is 2.83. The number of furan rings is 1. The van der Waals surface area contributed by atoms with Gasteiger partial charge in [0.2, 0.25) is 0 Å². The maximum Gasteiger partial charge on any atom is 0.191 e. The third-order valence-corrected chi connectivity index (χ3v) is 4.23. The highest BCUT2D eigenvalue weighted by atomic mass is 32.2. The van der Waals surface area contributed by atoms with Crippen LogP contribution < -0.4 is 10.6 Å². The minimum Gasteiger partial charge on any atom is -0.469 e. The number of thioether (sulfide) groups is 1. The summed E-state index contributed by atoms with van der Waals surface area (Å²) >= 11 is 1.83. The van der Waals surface area contributed by atoms with Gasteiger partial charge in [0, 0.05) is 37.3 Å². The zero-order chi connectivity index (χ0) is 16.9. The first kappa shape index (κ1) is 18.4. The molecule has 0 aliphatic heterocycles. The predicted molar refractivity (Wildman–Crippen MR) is 99.8 cm³/mol. The van der Waals surface area contributed by atoms with Crippen LogP contribution in [0.25, 0.3) is 0 Å². The lowest BCUT2D eigenvalue weighted by Gasteiger charge is -2.12. The minimum absolute atomic E-state index is 0.615. The molecule has 130 valence electrons. The van der Waals surface area contributed by atoms with E-state index in [2.05, 4.69) is 39.9 Å². The Morgan fingerprint density at radius 3 is 2.71 bits per heavy atom. The maximum atomic E-state index is 5.34. The van der Waals surface area contributed by atoms with Gasteiger partial charge in [-0.15, -0.1) is 11.8 Å². The van der Waals surface area contributed by atoms with Crippen molar-refractivity contribution in [1.29, 1.82) is 0 Å². The van der Waals surface area contributed by atoms with Crippen molar-refractivity contribution in [2.45, 2.75) is 11.3 Å². The number of benzene rings is 1. The Morgan fingerprint density at radius 1 is 1.12 bits per heavy atom. The van der Waals surface area contributed by atoms with E-state index in [1.807, 2.05) is 30.0 Å². The monoisotopic (exact) mass is 347 g/mol. The summed E-state index contributed by atoms with van der Waals surface area (Å²) in [6.45, 7) is 2.87. The van der Waals surface area contributed by atoms with Crippen LogP contribution >= 0.6 is 11.8 Å². The first-order valence-electron chi connectivity index (χ1n) is 8.10. The Hall–Kier alpha value is -1.92. The van der Waals surface area contributed by atoms with Gasteiger partial charge in [-0.25, -0.2) is 0 Å². The molecule has 1 aromatic carbocycles. The van der Waals surface area contributed by atoms with Crippen LogP contribution in [0.5, 0.6) is 0 Å². The summed E-state index contributed by atoms with van der Waals surface area (Å²) in [7, 11) is 1.68. The predicted octanol–water partition coefficient (Wildman–Crippen LogP) is 2.80. The fraction of sp³-hybridized carbons (Fsp3) is 0.389. The third-order valence-electron chi connectivity index (χ3n) is 3.22. The fourth-order valence-electron chi connectivity index (χ4n) is 2.04. The Bertz CT molecular complexity index is 573. The largest absolute Gasteiger partial charge is 0.469 e. The molecule has 0 aliphatic carbocycles. The van der Waals surface area contributed by atoms with E-state index < -0.39 is 0 Å². The number of nitrogens with zero attached hydrogens (tertiary/aromatic N) is 1. The van der Waals surface area contributed by atoms with Crippen LogP contribution in [0, 0.1) is 0 Å². The summed E-state index contributed by atoms with van der Waals surface area (Å²) in [5.41, 5.74) is 0. The molecule has 0 spiro atoms. The van der Waals surface area contributed by atoms with Crippen molar-refractivity contribution in [3.8, 4) is 0 Å². The van der Waals surface area contributed by atoms with Crippen molar-refractivity contribution in [3.63, 3.8) is 0 Å². The van der Waals surface area contributed by atoms with Crippen molar-refractivity contribution < 1.29 is 9.15 Å². The molecule has 1 heterocycles. The molecule has 2 N–H and O–H groups in total. The van der Waals surface area contributed by atoms with Crippen LogP contribution in [-0.4, -0.2) is 45.1 Å². The van der Waals surface area contributed by atoms with Crippen LogP contribution in [0.3, 0.4) is 0 Å². The summed E-state index contributed by atoms with van der Waals surface area (Å²) in [5, 5.41) is 6.69. The molecule has 0 radical (unpaired) electrons. The van der Waals surface area contributed by atoms with E-state index in [-0.39, 0.29) is 0 Å². The molecule has 0 aliphatic rings. The summed E-state index contributed by atoms with van der Waals surface area (Å²) < 4.78 is 10.4. The number of hydrogen-bond acceptors (Lipinski definition) is 4. The summed E-state index contributed by atoms with van der Waals surface area (Å²) in [6.07, 6.45) is 2.53. The average molecular weight is 347 g/mol. The molecule has 1 aromatic heterocycles. The number of guanidine groups is 1. The first-order valence-corrected chi connectivity index (χ1v) is 9.08. The van der Waals surface area contributed by atoms with Crippen molar-refractivity contribution in [2.75, 3.05) is 39.1 Å². The van der Waals surface area contributed by atoms with E-state index in [4.69, 9.17) is 9.15 Å². The number of aliphatic imine (C=N–C) groups is 1. The van der Waals surface area contributed by atoms with Crippen molar-refractivity contribution in [2.24, 2.45) is 4.99 Å². The van der Waals surface area contributed by atoms with Crippen molar-refractivity contribution in [3.05, 3.63) is 54.5 Å². The lowest BCUT2D eigenvalue weighted by molar-refractivity contribution is 0.208. The summed E-state index contributed by atoms with van der Waals surface area (Å²) in [5.74, 6) is 2.76. The molecule has 0 atom stereocenters. The molecule has 0 fully saturated rings. The van der Waals surface area contributed by atoms with E-state index in [0.717, 1.165) is 37.0 Å². The Morgan fingerprint density at radius 2 is 1.96 bits per heavy atom. The van der Waals surface area contributed by atoms with E-state index >= 15 is 0 Å². The molecule has 6 heteroatoms. The van der Waals surface area contributed by atoms with E-state index in [1.165, 1.54) is 4.90 Å². The number of ether oxygens (including phenoxy) is 1.